The summed E-state index contributed by atoms with van der Waals surface area (Å²) >= 11 is 0. The van der Waals surface area contributed by atoms with E-state index in [1.54, 1.807) is 6.92 Å². The molecule has 0 amide bonds. The normalized spacial score (nSPS) is 13.6. The number of aliphatic hydroxyl groups excluding tert-OH is 1. The topological polar surface area (TPSA) is 54.4 Å². The van der Waals surface area contributed by atoms with Crippen molar-refractivity contribution in [2.45, 2.75) is 33.4 Å². The fourth-order valence-electron chi connectivity index (χ4n) is 2.20. The maximum Gasteiger partial charge on any atom is 0.154 e. The van der Waals surface area contributed by atoms with Crippen LogP contribution < -0.4 is 0 Å². The zero-order valence-corrected chi connectivity index (χ0v) is 12.3. The van der Waals surface area contributed by atoms with Crippen LogP contribution >= 0.6 is 0 Å². The Balaban J connectivity index is 2.98. The standard InChI is InChI=1S/C14H22O3S/c1-10-5-12(3)14(13(4)6-10)9-18(16,17)8-11(2)7-15/h5-6,11,15H,7-9H2,1-4H3. The van der Waals surface area contributed by atoms with Crippen LogP contribution in [0.4, 0.5) is 0 Å². The lowest BCUT2D eigenvalue weighted by molar-refractivity contribution is 0.249. The summed E-state index contributed by atoms with van der Waals surface area (Å²) in [6.45, 7) is 7.55. The molecule has 0 saturated carbocycles. The number of rotatable bonds is 5. The molecule has 0 aromatic heterocycles. The third-order valence-electron chi connectivity index (χ3n) is 3.05. The predicted molar refractivity (Wildman–Crippen MR) is 74.4 cm³/mol. The third-order valence-corrected chi connectivity index (χ3v) is 4.86. The van der Waals surface area contributed by atoms with Gasteiger partial charge < -0.3 is 5.11 Å². The van der Waals surface area contributed by atoms with Gasteiger partial charge in [-0.1, -0.05) is 24.6 Å². The number of aliphatic hydroxyl groups is 1. The van der Waals surface area contributed by atoms with Gasteiger partial charge in [0.1, 0.15) is 0 Å². The molecule has 0 spiro atoms. The Morgan fingerprint density at radius 2 is 1.67 bits per heavy atom. The van der Waals surface area contributed by atoms with Crippen LogP contribution in [-0.4, -0.2) is 25.9 Å². The van der Waals surface area contributed by atoms with Gasteiger partial charge >= 0.3 is 0 Å². The second-order valence-corrected chi connectivity index (χ2v) is 7.33. The Labute approximate surface area is 110 Å². The first-order valence-electron chi connectivity index (χ1n) is 6.13. The lowest BCUT2D eigenvalue weighted by Crippen LogP contribution is -2.19. The summed E-state index contributed by atoms with van der Waals surface area (Å²) in [6.07, 6.45) is 0. The number of hydrogen-bond acceptors (Lipinski definition) is 3. The van der Waals surface area contributed by atoms with Crippen LogP contribution in [0.15, 0.2) is 12.1 Å². The third kappa shape index (κ3) is 4.10. The molecule has 3 nitrogen and oxygen atoms in total. The van der Waals surface area contributed by atoms with Crippen molar-refractivity contribution >= 4 is 9.84 Å². The fraction of sp³-hybridized carbons (Fsp3) is 0.571. The van der Waals surface area contributed by atoms with Gasteiger partial charge in [-0.25, -0.2) is 8.42 Å². The quantitative estimate of drug-likeness (QED) is 0.892. The molecule has 1 aromatic rings. The highest BCUT2D eigenvalue weighted by molar-refractivity contribution is 7.90. The van der Waals surface area contributed by atoms with Crippen molar-refractivity contribution in [2.24, 2.45) is 5.92 Å². The molecule has 1 rings (SSSR count). The number of benzene rings is 1. The highest BCUT2D eigenvalue weighted by atomic mass is 32.2. The zero-order valence-electron chi connectivity index (χ0n) is 11.5. The van der Waals surface area contributed by atoms with Crippen LogP contribution in [0.25, 0.3) is 0 Å². The van der Waals surface area contributed by atoms with Gasteiger partial charge in [0.15, 0.2) is 9.84 Å². The minimum atomic E-state index is -3.16. The van der Waals surface area contributed by atoms with Crippen LogP contribution in [0.3, 0.4) is 0 Å². The van der Waals surface area contributed by atoms with E-state index in [0.717, 1.165) is 22.3 Å². The largest absolute Gasteiger partial charge is 0.396 e. The first-order chi connectivity index (χ1) is 8.25. The molecular weight excluding hydrogens is 248 g/mol. The van der Waals surface area contributed by atoms with Gasteiger partial charge in [0.2, 0.25) is 0 Å². The van der Waals surface area contributed by atoms with E-state index in [9.17, 15) is 8.42 Å². The monoisotopic (exact) mass is 270 g/mol. The van der Waals surface area contributed by atoms with Crippen LogP contribution in [0.5, 0.6) is 0 Å². The molecule has 0 radical (unpaired) electrons. The van der Waals surface area contributed by atoms with Crippen molar-refractivity contribution in [3.8, 4) is 0 Å². The Kier molecular flexibility index (Phi) is 4.93. The van der Waals surface area contributed by atoms with Crippen LogP contribution in [0, 0.1) is 26.7 Å². The minimum absolute atomic E-state index is 0.0380. The van der Waals surface area contributed by atoms with E-state index in [4.69, 9.17) is 5.11 Å². The van der Waals surface area contributed by atoms with Crippen molar-refractivity contribution in [1.29, 1.82) is 0 Å². The molecule has 18 heavy (non-hydrogen) atoms. The zero-order chi connectivity index (χ0) is 13.9. The van der Waals surface area contributed by atoms with E-state index in [2.05, 4.69) is 0 Å². The van der Waals surface area contributed by atoms with Crippen LogP contribution in [0.1, 0.15) is 29.2 Å². The SMILES string of the molecule is Cc1cc(C)c(CS(=O)(=O)CC(C)CO)c(C)c1. The molecule has 0 saturated heterocycles. The van der Waals surface area contributed by atoms with Gasteiger partial charge in [-0.05, 0) is 43.4 Å². The van der Waals surface area contributed by atoms with Crippen LogP contribution in [-0.2, 0) is 15.6 Å². The molecule has 0 aliphatic heterocycles. The molecule has 4 heteroatoms. The summed E-state index contributed by atoms with van der Waals surface area (Å²) in [6, 6.07) is 4.01. The smallest absolute Gasteiger partial charge is 0.154 e. The molecule has 0 aliphatic rings. The Morgan fingerprint density at radius 3 is 2.11 bits per heavy atom. The average Bonchev–Trinajstić information content (AvgIpc) is 2.22. The lowest BCUT2D eigenvalue weighted by atomic mass is 10.0. The van der Waals surface area contributed by atoms with Gasteiger partial charge in [-0.2, -0.15) is 0 Å². The Hall–Kier alpha value is -0.870. The summed E-state index contributed by atoms with van der Waals surface area (Å²) in [4.78, 5) is 0. The minimum Gasteiger partial charge on any atom is -0.396 e. The summed E-state index contributed by atoms with van der Waals surface area (Å²) < 4.78 is 24.1. The lowest BCUT2D eigenvalue weighted by Gasteiger charge is -2.13. The molecular formula is C14H22O3S. The highest BCUT2D eigenvalue weighted by Crippen LogP contribution is 2.20. The van der Waals surface area contributed by atoms with E-state index in [-0.39, 0.29) is 24.0 Å². The van der Waals surface area contributed by atoms with Crippen molar-refractivity contribution < 1.29 is 13.5 Å². The molecule has 1 unspecified atom stereocenters. The molecule has 102 valence electrons. The van der Waals surface area contributed by atoms with E-state index >= 15 is 0 Å². The van der Waals surface area contributed by atoms with Gasteiger partial charge in [0.25, 0.3) is 0 Å². The molecule has 1 aromatic carbocycles. The Bertz CT molecular complexity index is 495. The summed E-state index contributed by atoms with van der Waals surface area (Å²) in [5, 5.41) is 8.95. The molecule has 0 aliphatic carbocycles. The molecule has 0 fully saturated rings. The Morgan fingerprint density at radius 1 is 1.17 bits per heavy atom. The second kappa shape index (κ2) is 5.85. The van der Waals surface area contributed by atoms with Gasteiger partial charge in [-0.15, -0.1) is 0 Å². The van der Waals surface area contributed by atoms with Crippen molar-refractivity contribution in [3.05, 3.63) is 34.4 Å². The first kappa shape index (κ1) is 15.2. The van der Waals surface area contributed by atoms with Crippen molar-refractivity contribution in [3.63, 3.8) is 0 Å². The maximum atomic E-state index is 12.0. The summed E-state index contributed by atoms with van der Waals surface area (Å²) in [5.74, 6) is -0.105. The summed E-state index contributed by atoms with van der Waals surface area (Å²) in [7, 11) is -3.16. The summed E-state index contributed by atoms with van der Waals surface area (Å²) in [5.41, 5.74) is 4.08. The van der Waals surface area contributed by atoms with E-state index in [0.29, 0.717) is 0 Å². The molecule has 0 bridgehead atoms. The number of hydrogen-bond donors (Lipinski definition) is 1. The maximum absolute atomic E-state index is 12.0. The van der Waals surface area contributed by atoms with Gasteiger partial charge in [0, 0.05) is 6.61 Å². The highest BCUT2D eigenvalue weighted by Gasteiger charge is 2.18. The van der Waals surface area contributed by atoms with Gasteiger partial charge in [0.05, 0.1) is 11.5 Å². The molecule has 0 heterocycles. The number of aryl methyl sites for hydroxylation is 3. The molecule has 1 N–H and O–H groups in total. The predicted octanol–water partition coefficient (Wildman–Crippen LogP) is 2.16. The average molecular weight is 270 g/mol. The van der Waals surface area contributed by atoms with Crippen molar-refractivity contribution in [1.82, 2.24) is 0 Å². The van der Waals surface area contributed by atoms with E-state index < -0.39 is 9.84 Å². The molecule has 1 atom stereocenters. The van der Waals surface area contributed by atoms with Crippen molar-refractivity contribution in [2.75, 3.05) is 12.4 Å². The first-order valence-corrected chi connectivity index (χ1v) is 7.95. The van der Waals surface area contributed by atoms with E-state index in [1.807, 2.05) is 32.9 Å². The van der Waals surface area contributed by atoms with E-state index in [1.165, 1.54) is 0 Å². The fourth-order valence-corrected chi connectivity index (χ4v) is 4.19. The second-order valence-electron chi connectivity index (χ2n) is 5.22. The number of sulfone groups is 1. The van der Waals surface area contributed by atoms with Gasteiger partial charge in [-0.3, -0.25) is 0 Å². The van der Waals surface area contributed by atoms with Crippen LogP contribution in [0.2, 0.25) is 0 Å².